The Balaban J connectivity index is 1.56. The summed E-state index contributed by atoms with van der Waals surface area (Å²) in [4.78, 5) is 12.7. The van der Waals surface area contributed by atoms with Gasteiger partial charge in [0.2, 0.25) is 10.0 Å². The first-order valence-electron chi connectivity index (χ1n) is 9.53. The number of sulfonamides is 1. The summed E-state index contributed by atoms with van der Waals surface area (Å²) in [5, 5.41) is 2.82. The summed E-state index contributed by atoms with van der Waals surface area (Å²) in [7, 11) is -3.83. The summed E-state index contributed by atoms with van der Waals surface area (Å²) in [5.74, 6) is 0.715. The average molecular weight is 453 g/mol. The summed E-state index contributed by atoms with van der Waals surface area (Å²) in [6.07, 6.45) is 0.779. The highest BCUT2D eigenvalue weighted by molar-refractivity contribution is 7.89. The van der Waals surface area contributed by atoms with E-state index in [1.165, 1.54) is 22.5 Å². The van der Waals surface area contributed by atoms with Crippen molar-refractivity contribution >= 4 is 33.2 Å². The van der Waals surface area contributed by atoms with E-state index in [0.29, 0.717) is 43.6 Å². The number of hydrogen-bond donors (Lipinski definition) is 1. The monoisotopic (exact) mass is 452 g/mol. The van der Waals surface area contributed by atoms with Crippen LogP contribution in [0.2, 0.25) is 5.02 Å². The summed E-state index contributed by atoms with van der Waals surface area (Å²) < 4.78 is 43.7. The standard InChI is InChI=1S/C20H21ClN2O6S/c21-16-4-2-14(12-19(16)30(25,26)23-6-10-27-11-7-23)20(24)22-15-3-5-17-18(13-15)29-9-1-8-28-17/h2-5,12-13H,1,6-11H2,(H,22,24). The number of anilines is 1. The predicted molar refractivity (Wildman–Crippen MR) is 111 cm³/mol. The molecule has 2 aliphatic rings. The van der Waals surface area contributed by atoms with E-state index in [9.17, 15) is 13.2 Å². The van der Waals surface area contributed by atoms with Gasteiger partial charge in [0.05, 0.1) is 31.5 Å². The van der Waals surface area contributed by atoms with E-state index in [2.05, 4.69) is 5.32 Å². The number of morpholine rings is 1. The maximum atomic E-state index is 13.0. The van der Waals surface area contributed by atoms with Gasteiger partial charge in [0.25, 0.3) is 5.91 Å². The van der Waals surface area contributed by atoms with Crippen LogP contribution in [0.5, 0.6) is 11.5 Å². The topological polar surface area (TPSA) is 94.2 Å². The fraction of sp³-hybridized carbons (Fsp3) is 0.350. The van der Waals surface area contributed by atoms with E-state index in [1.54, 1.807) is 18.2 Å². The average Bonchev–Trinajstić information content (AvgIpc) is 2.99. The van der Waals surface area contributed by atoms with E-state index in [4.69, 9.17) is 25.8 Å². The highest BCUT2D eigenvalue weighted by Gasteiger charge is 2.29. The van der Waals surface area contributed by atoms with Crippen molar-refractivity contribution in [3.63, 3.8) is 0 Å². The van der Waals surface area contributed by atoms with Crippen molar-refractivity contribution in [3.8, 4) is 11.5 Å². The second-order valence-corrected chi connectivity index (χ2v) is 9.14. The fourth-order valence-corrected chi connectivity index (χ4v) is 5.12. The molecule has 4 rings (SSSR count). The summed E-state index contributed by atoms with van der Waals surface area (Å²) in [6.45, 7) is 2.23. The quantitative estimate of drug-likeness (QED) is 0.766. The van der Waals surface area contributed by atoms with Crippen molar-refractivity contribution in [3.05, 3.63) is 47.0 Å². The number of nitrogens with zero attached hydrogens (tertiary/aromatic N) is 1. The SMILES string of the molecule is O=C(Nc1ccc2c(c1)OCCCO2)c1ccc(Cl)c(S(=O)(=O)N2CCOCC2)c1. The normalized spacial score (nSPS) is 17.2. The minimum absolute atomic E-state index is 0.0635. The van der Waals surface area contributed by atoms with Gasteiger partial charge in [0, 0.05) is 36.8 Å². The van der Waals surface area contributed by atoms with Crippen LogP contribution in [-0.2, 0) is 14.8 Å². The molecule has 1 fully saturated rings. The number of rotatable bonds is 4. The smallest absolute Gasteiger partial charge is 0.255 e. The number of ether oxygens (including phenoxy) is 3. The number of halogens is 1. The largest absolute Gasteiger partial charge is 0.490 e. The first kappa shape index (κ1) is 20.9. The Morgan fingerprint density at radius 2 is 1.70 bits per heavy atom. The van der Waals surface area contributed by atoms with Crippen LogP contribution < -0.4 is 14.8 Å². The molecular weight excluding hydrogens is 432 g/mol. The molecule has 8 nitrogen and oxygen atoms in total. The van der Waals surface area contributed by atoms with Crippen molar-refractivity contribution < 1.29 is 27.4 Å². The lowest BCUT2D eigenvalue weighted by Gasteiger charge is -2.26. The van der Waals surface area contributed by atoms with Crippen LogP contribution in [0.4, 0.5) is 5.69 Å². The lowest BCUT2D eigenvalue weighted by molar-refractivity contribution is 0.0730. The Hall–Kier alpha value is -2.33. The molecule has 2 aliphatic heterocycles. The molecule has 2 heterocycles. The number of carbonyl (C=O) groups is 1. The minimum atomic E-state index is -3.83. The van der Waals surface area contributed by atoms with Crippen molar-refractivity contribution in [2.24, 2.45) is 0 Å². The molecule has 1 saturated heterocycles. The van der Waals surface area contributed by atoms with Crippen molar-refractivity contribution in [2.45, 2.75) is 11.3 Å². The molecule has 0 aliphatic carbocycles. The molecule has 0 aromatic heterocycles. The fourth-order valence-electron chi connectivity index (χ4n) is 3.21. The maximum Gasteiger partial charge on any atom is 0.255 e. The number of fused-ring (bicyclic) bond motifs is 1. The van der Waals surface area contributed by atoms with E-state index in [0.717, 1.165) is 6.42 Å². The molecular formula is C20H21ClN2O6S. The number of carbonyl (C=O) groups excluding carboxylic acids is 1. The maximum absolute atomic E-state index is 13.0. The van der Waals surface area contributed by atoms with Crippen LogP contribution in [0.1, 0.15) is 16.8 Å². The van der Waals surface area contributed by atoms with Crippen molar-refractivity contribution in [1.82, 2.24) is 4.31 Å². The third-order valence-electron chi connectivity index (χ3n) is 4.79. The van der Waals surface area contributed by atoms with Crippen LogP contribution in [0, 0.1) is 0 Å². The molecule has 1 N–H and O–H groups in total. The predicted octanol–water partition coefficient (Wildman–Crippen LogP) is 2.77. The number of hydrogen-bond acceptors (Lipinski definition) is 6. The lowest BCUT2D eigenvalue weighted by Crippen LogP contribution is -2.40. The van der Waals surface area contributed by atoms with E-state index in [-0.39, 0.29) is 28.6 Å². The van der Waals surface area contributed by atoms with Gasteiger partial charge in [0.15, 0.2) is 11.5 Å². The molecule has 160 valence electrons. The molecule has 0 unspecified atom stereocenters. The molecule has 0 saturated carbocycles. The Morgan fingerprint density at radius 1 is 0.967 bits per heavy atom. The van der Waals surface area contributed by atoms with Crippen molar-refractivity contribution in [2.75, 3.05) is 44.8 Å². The summed E-state index contributed by atoms with van der Waals surface area (Å²) >= 11 is 6.16. The van der Waals surface area contributed by atoms with E-state index >= 15 is 0 Å². The number of benzene rings is 2. The first-order chi connectivity index (χ1) is 14.4. The zero-order valence-electron chi connectivity index (χ0n) is 16.1. The van der Waals surface area contributed by atoms with Gasteiger partial charge in [-0.05, 0) is 30.3 Å². The van der Waals surface area contributed by atoms with Gasteiger partial charge < -0.3 is 19.5 Å². The Labute approximate surface area is 179 Å². The molecule has 0 radical (unpaired) electrons. The molecule has 0 bridgehead atoms. The van der Waals surface area contributed by atoms with Crippen LogP contribution in [-0.4, -0.2) is 58.1 Å². The van der Waals surface area contributed by atoms with Crippen LogP contribution in [0.25, 0.3) is 0 Å². The van der Waals surface area contributed by atoms with Gasteiger partial charge >= 0.3 is 0 Å². The molecule has 0 spiro atoms. The van der Waals surface area contributed by atoms with Gasteiger partial charge in [-0.15, -0.1) is 0 Å². The zero-order chi connectivity index (χ0) is 21.1. The molecule has 30 heavy (non-hydrogen) atoms. The zero-order valence-corrected chi connectivity index (χ0v) is 17.7. The van der Waals surface area contributed by atoms with Crippen molar-refractivity contribution in [1.29, 1.82) is 0 Å². The molecule has 2 aromatic rings. The van der Waals surface area contributed by atoms with Gasteiger partial charge in [-0.2, -0.15) is 4.31 Å². The highest BCUT2D eigenvalue weighted by Crippen LogP contribution is 2.33. The lowest BCUT2D eigenvalue weighted by atomic mass is 10.2. The highest BCUT2D eigenvalue weighted by atomic mass is 35.5. The third kappa shape index (κ3) is 4.39. The second-order valence-electron chi connectivity index (χ2n) is 6.83. The van der Waals surface area contributed by atoms with Crippen LogP contribution >= 0.6 is 11.6 Å². The van der Waals surface area contributed by atoms with E-state index in [1.807, 2.05) is 0 Å². The molecule has 1 amide bonds. The van der Waals surface area contributed by atoms with Crippen LogP contribution in [0.15, 0.2) is 41.3 Å². The second kappa shape index (κ2) is 8.81. The first-order valence-corrected chi connectivity index (χ1v) is 11.4. The van der Waals surface area contributed by atoms with Crippen LogP contribution in [0.3, 0.4) is 0 Å². The minimum Gasteiger partial charge on any atom is -0.490 e. The van der Waals surface area contributed by atoms with Gasteiger partial charge in [-0.1, -0.05) is 11.6 Å². The molecule has 0 atom stereocenters. The summed E-state index contributed by atoms with van der Waals surface area (Å²) in [6, 6.07) is 9.31. The molecule has 2 aromatic carbocycles. The Morgan fingerprint density at radius 3 is 2.47 bits per heavy atom. The van der Waals surface area contributed by atoms with Gasteiger partial charge in [-0.3, -0.25) is 4.79 Å². The summed E-state index contributed by atoms with van der Waals surface area (Å²) in [5.41, 5.74) is 0.690. The van der Waals surface area contributed by atoms with Gasteiger partial charge in [0.1, 0.15) is 4.90 Å². The Bertz CT molecular complexity index is 1050. The number of amides is 1. The Kier molecular flexibility index (Phi) is 6.14. The van der Waals surface area contributed by atoms with Gasteiger partial charge in [-0.25, -0.2) is 8.42 Å². The van der Waals surface area contributed by atoms with E-state index < -0.39 is 15.9 Å². The third-order valence-corrected chi connectivity index (χ3v) is 7.17. The number of nitrogens with one attached hydrogen (secondary N) is 1. The molecule has 10 heteroatoms.